The van der Waals surface area contributed by atoms with Crippen molar-refractivity contribution in [2.45, 2.75) is 0 Å². The van der Waals surface area contributed by atoms with E-state index in [1.54, 1.807) is 54.6 Å². The fourth-order valence-electron chi connectivity index (χ4n) is 5.68. The van der Waals surface area contributed by atoms with E-state index in [0.29, 0.717) is 16.8 Å². The number of carboxylic acid groups (broad SMARTS) is 2. The minimum atomic E-state index is -1.31. The summed E-state index contributed by atoms with van der Waals surface area (Å²) in [6.07, 6.45) is 0. The maximum Gasteiger partial charge on any atom is 1.00 e. The van der Waals surface area contributed by atoms with Crippen molar-refractivity contribution in [1.82, 2.24) is 10.6 Å². The second kappa shape index (κ2) is 31.1. The van der Waals surface area contributed by atoms with Crippen LogP contribution in [0.3, 0.4) is 0 Å². The number of ether oxygens (including phenoxy) is 4. The Kier molecular flexibility index (Phi) is 26.7. The van der Waals surface area contributed by atoms with Crippen molar-refractivity contribution in [2.24, 2.45) is 0 Å². The number of carboxylic acids is 2. The largest absolute Gasteiger partial charge is 1.00 e. The second-order valence-electron chi connectivity index (χ2n) is 13.9. The van der Waals surface area contributed by atoms with E-state index in [9.17, 15) is 47.9 Å². The van der Waals surface area contributed by atoms with Crippen LogP contribution in [-0.4, -0.2) is 130 Å². The molecule has 0 aliphatic rings. The van der Waals surface area contributed by atoms with Gasteiger partial charge in [-0.05, 0) is 54.6 Å². The Balaban J connectivity index is 0.000000548. The van der Waals surface area contributed by atoms with E-state index in [0.717, 1.165) is 18.2 Å². The minimum absolute atomic E-state index is 0. The molecule has 368 valence electrons. The fraction of sp³-hybridized carbons (Fsp3) is 0.167. The molecule has 0 atom stereocenters. The van der Waals surface area contributed by atoms with Crippen molar-refractivity contribution in [2.75, 3.05) is 71.0 Å². The number of carbonyl (C=O) groups excluding carboxylic acids is 8. The maximum atomic E-state index is 12.1. The van der Waals surface area contributed by atoms with Crippen molar-refractivity contribution >= 4 is 76.3 Å². The summed E-state index contributed by atoms with van der Waals surface area (Å²) >= 11 is 0. The van der Waals surface area contributed by atoms with Crippen LogP contribution in [0.5, 0.6) is 0 Å². The molecule has 0 aliphatic carbocycles. The van der Waals surface area contributed by atoms with E-state index in [-0.39, 0.29) is 118 Å². The van der Waals surface area contributed by atoms with Gasteiger partial charge in [-0.25, -0.2) is 28.8 Å². The van der Waals surface area contributed by atoms with Crippen LogP contribution in [0, 0.1) is 0 Å². The van der Waals surface area contributed by atoms with Gasteiger partial charge in [0, 0.05) is 28.2 Å². The molecule has 9 N–H and O–H groups in total. The summed E-state index contributed by atoms with van der Waals surface area (Å²) < 4.78 is 18.3. The molecule has 0 spiro atoms. The molecular weight excluding hydrogens is 942 g/mol. The van der Waals surface area contributed by atoms with Gasteiger partial charge >= 0.3 is 65.4 Å². The Morgan fingerprint density at radius 1 is 0.423 bits per heavy atom. The molecule has 0 saturated heterocycles. The summed E-state index contributed by atoms with van der Waals surface area (Å²) in [5.74, 6) is -6.34. The number of ketones is 2. The van der Waals surface area contributed by atoms with Gasteiger partial charge in [0.2, 0.25) is 11.8 Å². The summed E-state index contributed by atoms with van der Waals surface area (Å²) in [5.41, 5.74) is 7.27. The Bertz CT molecular complexity index is 2600. The first-order valence-corrected chi connectivity index (χ1v) is 20.1. The first-order chi connectivity index (χ1) is 32.9. The first-order valence-electron chi connectivity index (χ1n) is 20.1. The summed E-state index contributed by atoms with van der Waals surface area (Å²) in [4.78, 5) is 116. The average molecular weight is 990 g/mol. The van der Waals surface area contributed by atoms with Crippen LogP contribution in [0.1, 0.15) is 82.9 Å². The van der Waals surface area contributed by atoms with Crippen molar-refractivity contribution in [3.63, 3.8) is 0 Å². The number of nitrogens with two attached hydrogens (primary N) is 1. The summed E-state index contributed by atoms with van der Waals surface area (Å²) in [6.45, 7) is -0.382. The summed E-state index contributed by atoms with van der Waals surface area (Å²) in [5, 5.41) is 28.4. The Hall–Kier alpha value is -8.12. The third kappa shape index (κ3) is 20.6. The number of rotatable bonds is 18. The number of esters is 4. The van der Waals surface area contributed by atoms with E-state index < -0.39 is 47.6 Å². The van der Waals surface area contributed by atoms with Gasteiger partial charge in [-0.15, -0.1) is 0 Å². The smallest absolute Gasteiger partial charge is 0.870 e. The van der Waals surface area contributed by atoms with Gasteiger partial charge < -0.3 is 61.6 Å². The number of methoxy groups -OCH3 is 4. The zero-order valence-electron chi connectivity index (χ0n) is 38.9. The Morgan fingerprint density at radius 3 is 1.00 bits per heavy atom. The second-order valence-corrected chi connectivity index (χ2v) is 13.9. The predicted octanol–water partition coefficient (Wildman–Crippen LogP) is 0.834. The van der Waals surface area contributed by atoms with Crippen molar-refractivity contribution < 1.29 is 112 Å². The van der Waals surface area contributed by atoms with Crippen LogP contribution in [0.2, 0.25) is 0 Å². The number of anilines is 3. The molecular formula is C48H48N5NaO17. The van der Waals surface area contributed by atoms with E-state index in [2.05, 4.69) is 40.2 Å². The topological polar surface area (TPSA) is 352 Å². The van der Waals surface area contributed by atoms with Gasteiger partial charge in [-0.2, -0.15) is 0 Å². The number of carbonyl (C=O) groups is 10. The van der Waals surface area contributed by atoms with Gasteiger partial charge in [0.1, 0.15) is 0 Å². The third-order valence-corrected chi connectivity index (χ3v) is 8.90. The third-order valence-electron chi connectivity index (χ3n) is 8.90. The van der Waals surface area contributed by atoms with Crippen molar-refractivity contribution in [3.05, 3.63) is 160 Å². The van der Waals surface area contributed by atoms with Gasteiger partial charge in [0.25, 0.3) is 0 Å². The molecule has 0 aliphatic heterocycles. The van der Waals surface area contributed by atoms with Crippen LogP contribution in [0.15, 0.2) is 115 Å². The van der Waals surface area contributed by atoms with E-state index >= 15 is 0 Å². The zero-order valence-corrected chi connectivity index (χ0v) is 40.9. The van der Waals surface area contributed by atoms with Crippen LogP contribution in [0.25, 0.3) is 0 Å². The molecule has 0 fully saturated rings. The standard InChI is InChI=1S/C20H20N2O6.C18H16N2O6.C10H11NO4.Na.H2O/c1-27-19(25)14-8-15(20(26)28-2)10-16(9-14)22-18(24)12-21-11-17(23)13-6-4-3-5-7-13;21-15(11-4-2-1-3-5-11)9-19-10-16(22)20-14-7-12(17(23)24)6-13(8-14)18(25)26;1-14-9(12)6-3-7(10(13)15-2)5-8(11)4-6;;/h3-10,21H,11-12H2,1-2H3,(H,22,24);1-8,19H,9-10H2,(H,20,22)(H,23,24)(H,25,26);3-5H,11H2,1-2H3;;1H2/q;;;+1;/p-1. The molecule has 23 heteroatoms. The molecule has 5 aromatic carbocycles. The molecule has 0 unspecified atom stereocenters. The normalized spacial score (nSPS) is 9.69. The SMILES string of the molecule is COC(=O)c1cc(N)cc(C(=O)OC)c1.COC(=O)c1cc(NC(=O)CNCC(=O)c2ccccc2)cc(C(=O)OC)c1.O=C(CNCC(=O)c1ccccc1)Nc1cc(C(=O)O)cc(C(=O)O)c1.[Na+].[OH-]. The number of Topliss-reactive ketones (excluding diaryl/α,β-unsaturated/α-hetero) is 2. The average Bonchev–Trinajstić information content (AvgIpc) is 3.35. The van der Waals surface area contributed by atoms with Crippen LogP contribution in [-0.2, 0) is 28.5 Å². The van der Waals surface area contributed by atoms with E-state index in [1.165, 1.54) is 64.8 Å². The van der Waals surface area contributed by atoms with E-state index in [1.807, 2.05) is 6.07 Å². The molecule has 0 aromatic heterocycles. The monoisotopic (exact) mass is 989 g/mol. The maximum absolute atomic E-state index is 12.1. The van der Waals surface area contributed by atoms with Crippen LogP contribution < -0.4 is 56.6 Å². The number of hydrogen-bond donors (Lipinski definition) is 7. The predicted molar refractivity (Wildman–Crippen MR) is 249 cm³/mol. The van der Waals surface area contributed by atoms with Gasteiger partial charge in [-0.1, -0.05) is 60.7 Å². The first kappa shape index (κ1) is 60.9. The molecule has 5 aromatic rings. The molecule has 22 nitrogen and oxygen atoms in total. The Labute approximate surface area is 427 Å². The minimum Gasteiger partial charge on any atom is -0.870 e. The number of amides is 2. The number of nitrogen functional groups attached to an aromatic ring is 1. The number of aromatic carboxylic acids is 2. The number of benzene rings is 5. The zero-order chi connectivity index (χ0) is 51.0. The molecule has 0 heterocycles. The quantitative estimate of drug-likeness (QED) is 0.0210. The molecule has 0 bridgehead atoms. The van der Waals surface area contributed by atoms with Crippen LogP contribution >= 0.6 is 0 Å². The molecule has 71 heavy (non-hydrogen) atoms. The Morgan fingerprint density at radius 2 is 0.704 bits per heavy atom. The van der Waals surface area contributed by atoms with Gasteiger partial charge in [-0.3, -0.25) is 19.2 Å². The fourth-order valence-corrected chi connectivity index (χ4v) is 5.68. The molecule has 0 radical (unpaired) electrons. The van der Waals surface area contributed by atoms with Crippen molar-refractivity contribution in [1.29, 1.82) is 0 Å². The van der Waals surface area contributed by atoms with Gasteiger partial charge in [0.05, 0.1) is 88.0 Å². The number of hydrogen-bond acceptors (Lipinski definition) is 18. The van der Waals surface area contributed by atoms with E-state index in [4.69, 9.17) is 15.9 Å². The molecule has 0 saturated carbocycles. The molecule has 2 amide bonds. The molecule has 5 rings (SSSR count). The number of nitrogens with one attached hydrogen (secondary N) is 4. The van der Waals surface area contributed by atoms with Crippen LogP contribution in [0.4, 0.5) is 17.1 Å². The van der Waals surface area contributed by atoms with Gasteiger partial charge in [0.15, 0.2) is 11.6 Å². The van der Waals surface area contributed by atoms with Crippen molar-refractivity contribution in [3.8, 4) is 0 Å². The summed E-state index contributed by atoms with van der Waals surface area (Å²) in [6, 6.07) is 28.9. The summed E-state index contributed by atoms with van der Waals surface area (Å²) in [7, 11) is 4.92.